The van der Waals surface area contributed by atoms with Crippen LogP contribution in [0.5, 0.6) is 5.75 Å². The lowest BCUT2D eigenvalue weighted by Gasteiger charge is -2.14. The average molecular weight is 556 g/mol. The fraction of sp³-hybridized carbons (Fsp3) is 0.500. The summed E-state index contributed by atoms with van der Waals surface area (Å²) in [4.78, 5) is 14.5. The third-order valence-corrected chi connectivity index (χ3v) is 7.95. The second-order valence-corrected chi connectivity index (χ2v) is 11.6. The van der Waals surface area contributed by atoms with E-state index in [1.165, 1.54) is 69.1 Å². The van der Waals surface area contributed by atoms with Crippen LogP contribution >= 0.6 is 22.9 Å². The first-order valence-corrected chi connectivity index (χ1v) is 15.6. The maximum absolute atomic E-state index is 13.3. The molecule has 0 aliphatic heterocycles. The minimum atomic E-state index is -0.212. The molecule has 3 rings (SSSR count). The Morgan fingerprint density at radius 1 is 0.895 bits per heavy atom. The summed E-state index contributed by atoms with van der Waals surface area (Å²) in [6.07, 6.45) is 17.7. The predicted octanol–water partition coefficient (Wildman–Crippen LogP) is 9.38. The van der Waals surface area contributed by atoms with Gasteiger partial charge in [0.25, 0.3) is 5.91 Å². The van der Waals surface area contributed by atoms with Crippen molar-refractivity contribution in [1.82, 2.24) is 0 Å². The largest absolute Gasteiger partial charge is 0.491 e. The van der Waals surface area contributed by atoms with Crippen LogP contribution in [-0.2, 0) is 6.54 Å². The molecule has 6 heteroatoms. The molecular weight excluding hydrogens is 512 g/mol. The van der Waals surface area contributed by atoms with Crippen molar-refractivity contribution in [3.8, 4) is 5.75 Å². The Hall–Kier alpha value is -2.37. The summed E-state index contributed by atoms with van der Waals surface area (Å²) in [5.41, 5.74) is 4.39. The van der Waals surface area contributed by atoms with Gasteiger partial charge < -0.3 is 10.1 Å². The number of aryl methyl sites for hydroxylation is 1. The first-order valence-electron chi connectivity index (χ1n) is 14.3. The van der Waals surface area contributed by atoms with E-state index < -0.39 is 0 Å². The number of nitrogens with zero attached hydrogens (tertiary/aromatic N) is 1. The standard InChI is InChI=1S/C32H43ClN2O2S/c1-3-4-5-6-7-8-9-10-11-12-13-16-22-37-31-28(19-17-20-29(31)33)32(36)34-30-21-15-14-18-27(30)24-35-23-26(2)38-25-35/h14-15,17-21,23,25H,3-13,16,22,24H2,1-2H3/p+1. The highest BCUT2D eigenvalue weighted by atomic mass is 35.5. The van der Waals surface area contributed by atoms with Gasteiger partial charge in [-0.2, -0.15) is 4.57 Å². The Kier molecular flexibility index (Phi) is 13.7. The van der Waals surface area contributed by atoms with E-state index >= 15 is 0 Å². The Bertz CT molecular complexity index is 1110. The van der Waals surface area contributed by atoms with E-state index in [9.17, 15) is 4.79 Å². The lowest BCUT2D eigenvalue weighted by molar-refractivity contribution is -0.683. The summed E-state index contributed by atoms with van der Waals surface area (Å²) in [5, 5.41) is 3.55. The van der Waals surface area contributed by atoms with Crippen LogP contribution in [0.2, 0.25) is 5.02 Å². The summed E-state index contributed by atoms with van der Waals surface area (Å²) >= 11 is 8.17. The van der Waals surface area contributed by atoms with Crippen molar-refractivity contribution in [3.63, 3.8) is 0 Å². The molecule has 206 valence electrons. The second-order valence-electron chi connectivity index (χ2n) is 10.1. The zero-order valence-electron chi connectivity index (χ0n) is 23.1. The van der Waals surface area contributed by atoms with Gasteiger partial charge >= 0.3 is 0 Å². The fourth-order valence-electron chi connectivity index (χ4n) is 4.65. The van der Waals surface area contributed by atoms with E-state index in [0.29, 0.717) is 29.5 Å². The van der Waals surface area contributed by atoms with E-state index in [2.05, 4.69) is 35.4 Å². The number of rotatable bonds is 18. The summed E-state index contributed by atoms with van der Waals surface area (Å²) < 4.78 is 8.18. The molecule has 2 aromatic carbocycles. The molecule has 0 saturated heterocycles. The number of anilines is 1. The van der Waals surface area contributed by atoms with Crippen LogP contribution in [-0.4, -0.2) is 12.5 Å². The van der Waals surface area contributed by atoms with E-state index in [1.54, 1.807) is 29.5 Å². The number of carbonyl (C=O) groups excluding carboxylic acids is 1. The van der Waals surface area contributed by atoms with Gasteiger partial charge in [0.15, 0.2) is 18.5 Å². The molecule has 0 saturated carbocycles. The first kappa shape index (κ1) is 30.2. The van der Waals surface area contributed by atoms with Crippen molar-refractivity contribution >= 4 is 34.5 Å². The van der Waals surface area contributed by atoms with Crippen LogP contribution in [0.4, 0.5) is 5.69 Å². The van der Waals surface area contributed by atoms with Gasteiger partial charge in [-0.15, -0.1) is 0 Å². The van der Waals surface area contributed by atoms with Crippen LogP contribution in [0, 0.1) is 6.92 Å². The molecule has 1 N–H and O–H groups in total. The average Bonchev–Trinajstić information content (AvgIpc) is 3.33. The normalized spacial score (nSPS) is 11.0. The van der Waals surface area contributed by atoms with Gasteiger partial charge in [-0.3, -0.25) is 4.79 Å². The maximum atomic E-state index is 13.3. The number of hydrogen-bond acceptors (Lipinski definition) is 3. The molecule has 1 amide bonds. The van der Waals surface area contributed by atoms with Gasteiger partial charge in [-0.1, -0.05) is 125 Å². The zero-order chi connectivity index (χ0) is 27.0. The number of carbonyl (C=O) groups is 1. The Morgan fingerprint density at radius 2 is 1.55 bits per heavy atom. The molecule has 1 heterocycles. The minimum Gasteiger partial charge on any atom is -0.491 e. The SMILES string of the molecule is CCCCCCCCCCCCCCOc1c(Cl)cccc1C(=O)Nc1ccccc1C[n+]1csc(C)c1. The quantitative estimate of drug-likeness (QED) is 0.125. The number of benzene rings is 2. The van der Waals surface area contributed by atoms with Crippen molar-refractivity contribution in [3.05, 3.63) is 75.2 Å². The van der Waals surface area contributed by atoms with Crippen molar-refractivity contribution < 1.29 is 14.1 Å². The van der Waals surface area contributed by atoms with Crippen molar-refractivity contribution in [2.24, 2.45) is 0 Å². The van der Waals surface area contributed by atoms with E-state index in [4.69, 9.17) is 16.3 Å². The number of amides is 1. The summed E-state index contributed by atoms with van der Waals surface area (Å²) in [7, 11) is 0. The number of nitrogens with one attached hydrogen (secondary N) is 1. The molecule has 3 aromatic rings. The molecule has 0 fully saturated rings. The molecular formula is C32H44ClN2O2S+. The van der Waals surface area contributed by atoms with Gasteiger partial charge in [0, 0.05) is 5.56 Å². The van der Waals surface area contributed by atoms with Crippen LogP contribution < -0.4 is 14.6 Å². The molecule has 4 nitrogen and oxygen atoms in total. The number of para-hydroxylation sites is 2. The van der Waals surface area contributed by atoms with Gasteiger partial charge in [-0.05, 0) is 31.5 Å². The van der Waals surface area contributed by atoms with Gasteiger partial charge in [0.2, 0.25) is 5.51 Å². The smallest absolute Gasteiger partial charge is 0.259 e. The summed E-state index contributed by atoms with van der Waals surface area (Å²) in [6, 6.07) is 13.3. The van der Waals surface area contributed by atoms with Crippen LogP contribution in [0.3, 0.4) is 0 Å². The topological polar surface area (TPSA) is 42.2 Å². The highest BCUT2D eigenvalue weighted by Gasteiger charge is 2.18. The Labute approximate surface area is 238 Å². The number of aromatic nitrogens is 1. The maximum Gasteiger partial charge on any atom is 0.259 e. The number of unbranched alkanes of at least 4 members (excludes halogenated alkanes) is 11. The van der Waals surface area contributed by atoms with Crippen molar-refractivity contribution in [1.29, 1.82) is 0 Å². The Morgan fingerprint density at radius 3 is 2.21 bits per heavy atom. The van der Waals surface area contributed by atoms with E-state index in [-0.39, 0.29) is 5.91 Å². The van der Waals surface area contributed by atoms with Gasteiger partial charge in [-0.25, -0.2) is 0 Å². The van der Waals surface area contributed by atoms with E-state index in [0.717, 1.165) is 24.1 Å². The molecule has 0 unspecified atom stereocenters. The predicted molar refractivity (Wildman–Crippen MR) is 161 cm³/mol. The molecule has 38 heavy (non-hydrogen) atoms. The number of thiazole rings is 1. The third-order valence-electron chi connectivity index (χ3n) is 6.80. The van der Waals surface area contributed by atoms with E-state index in [1.807, 2.05) is 24.3 Å². The summed E-state index contributed by atoms with van der Waals surface area (Å²) in [5.74, 6) is 0.256. The number of hydrogen-bond donors (Lipinski definition) is 1. The van der Waals surface area contributed by atoms with Crippen molar-refractivity contribution in [2.75, 3.05) is 11.9 Å². The second kappa shape index (κ2) is 17.3. The molecule has 0 aliphatic rings. The molecule has 0 spiro atoms. The molecule has 0 atom stereocenters. The van der Waals surface area contributed by atoms with Gasteiger partial charge in [0.1, 0.15) is 0 Å². The monoisotopic (exact) mass is 555 g/mol. The van der Waals surface area contributed by atoms with Crippen LogP contribution in [0.1, 0.15) is 105 Å². The highest BCUT2D eigenvalue weighted by molar-refractivity contribution is 7.09. The number of halogens is 1. The molecule has 0 aliphatic carbocycles. The molecule has 0 radical (unpaired) electrons. The first-order chi connectivity index (χ1) is 18.6. The third kappa shape index (κ3) is 10.4. The van der Waals surface area contributed by atoms with Crippen LogP contribution in [0.25, 0.3) is 0 Å². The van der Waals surface area contributed by atoms with Crippen LogP contribution in [0.15, 0.2) is 54.2 Å². The Balaban J connectivity index is 1.43. The lowest BCUT2D eigenvalue weighted by Crippen LogP contribution is -2.31. The van der Waals surface area contributed by atoms with Gasteiger partial charge in [0.05, 0.1) is 27.8 Å². The van der Waals surface area contributed by atoms with Crippen molar-refractivity contribution in [2.45, 2.75) is 97.4 Å². The molecule has 1 aromatic heterocycles. The zero-order valence-corrected chi connectivity index (χ0v) is 24.7. The summed E-state index contributed by atoms with van der Waals surface area (Å²) in [6.45, 7) is 5.61. The lowest BCUT2D eigenvalue weighted by atomic mass is 10.1. The fourth-order valence-corrected chi connectivity index (χ4v) is 5.51. The minimum absolute atomic E-state index is 0.212. The number of ether oxygens (including phenoxy) is 1. The highest BCUT2D eigenvalue weighted by Crippen LogP contribution is 2.30. The molecule has 0 bridgehead atoms.